The van der Waals surface area contributed by atoms with Crippen molar-refractivity contribution in [3.8, 4) is 23.6 Å². The van der Waals surface area contributed by atoms with E-state index in [9.17, 15) is 10.1 Å². The van der Waals surface area contributed by atoms with Crippen molar-refractivity contribution in [3.63, 3.8) is 0 Å². The predicted molar refractivity (Wildman–Crippen MR) is 108 cm³/mol. The second-order valence-electron chi connectivity index (χ2n) is 8.06. The summed E-state index contributed by atoms with van der Waals surface area (Å²) < 4.78 is 11.7. The third kappa shape index (κ3) is 4.82. The maximum absolute atomic E-state index is 12.3. The molecule has 6 heteroatoms. The van der Waals surface area contributed by atoms with E-state index in [1.807, 2.05) is 24.3 Å². The molecule has 2 aliphatic carbocycles. The van der Waals surface area contributed by atoms with Gasteiger partial charge in [0.25, 0.3) is 0 Å². The summed E-state index contributed by atoms with van der Waals surface area (Å²) in [6, 6.07) is 10.4. The minimum Gasteiger partial charge on any atom is -0.493 e. The van der Waals surface area contributed by atoms with Gasteiger partial charge in [-0.05, 0) is 69.1 Å². The molecule has 0 aliphatic heterocycles. The van der Waals surface area contributed by atoms with Crippen molar-refractivity contribution < 1.29 is 14.3 Å². The first-order valence-electron chi connectivity index (χ1n) is 10.5. The first-order chi connectivity index (χ1) is 14.1. The number of benzene rings is 1. The Labute approximate surface area is 172 Å². The van der Waals surface area contributed by atoms with Crippen LogP contribution in [0.15, 0.2) is 18.2 Å². The Bertz CT molecular complexity index is 795. The van der Waals surface area contributed by atoms with Crippen LogP contribution in [0.4, 0.5) is 0 Å². The van der Waals surface area contributed by atoms with Gasteiger partial charge in [0.2, 0.25) is 5.91 Å². The molecule has 29 heavy (non-hydrogen) atoms. The minimum absolute atomic E-state index is 0.00761. The van der Waals surface area contributed by atoms with Crippen LogP contribution in [0.25, 0.3) is 0 Å². The maximum atomic E-state index is 12.3. The van der Waals surface area contributed by atoms with Gasteiger partial charge < -0.3 is 14.8 Å². The molecule has 0 saturated heterocycles. The molecule has 1 aromatic carbocycles. The van der Waals surface area contributed by atoms with Gasteiger partial charge in [0, 0.05) is 12.5 Å². The summed E-state index contributed by atoms with van der Waals surface area (Å²) in [4.78, 5) is 12.3. The lowest BCUT2D eigenvalue weighted by Crippen LogP contribution is -2.38. The van der Waals surface area contributed by atoms with E-state index in [0.29, 0.717) is 50.1 Å². The van der Waals surface area contributed by atoms with Gasteiger partial charge in [-0.1, -0.05) is 6.07 Å². The van der Waals surface area contributed by atoms with Gasteiger partial charge in [-0.2, -0.15) is 10.5 Å². The zero-order valence-electron chi connectivity index (χ0n) is 17.1. The number of nitrogens with one attached hydrogen (secondary N) is 1. The fourth-order valence-electron chi connectivity index (χ4n) is 4.48. The third-order valence-corrected chi connectivity index (χ3v) is 6.27. The zero-order valence-corrected chi connectivity index (χ0v) is 17.1. The van der Waals surface area contributed by atoms with E-state index in [0.717, 1.165) is 18.4 Å². The van der Waals surface area contributed by atoms with Crippen LogP contribution in [-0.4, -0.2) is 25.7 Å². The number of carbonyl (C=O) groups excluding carboxylic acids is 1. The molecule has 0 radical (unpaired) electrons. The Morgan fingerprint density at radius 3 is 2.52 bits per heavy atom. The van der Waals surface area contributed by atoms with Gasteiger partial charge in [0.1, 0.15) is 0 Å². The van der Waals surface area contributed by atoms with Gasteiger partial charge >= 0.3 is 0 Å². The number of carbonyl (C=O) groups is 1. The lowest BCUT2D eigenvalue weighted by atomic mass is 9.67. The van der Waals surface area contributed by atoms with E-state index in [1.54, 1.807) is 7.11 Å². The zero-order chi connectivity index (χ0) is 20.7. The van der Waals surface area contributed by atoms with E-state index < -0.39 is 5.41 Å². The molecule has 1 N–H and O–H groups in total. The van der Waals surface area contributed by atoms with Gasteiger partial charge in [-0.25, -0.2) is 0 Å². The molecule has 0 atom stereocenters. The van der Waals surface area contributed by atoms with Crippen LogP contribution < -0.4 is 14.8 Å². The fourth-order valence-corrected chi connectivity index (χ4v) is 4.48. The predicted octanol–water partition coefficient (Wildman–Crippen LogP) is 4.00. The number of hydrogen-bond acceptors (Lipinski definition) is 5. The first kappa shape index (κ1) is 21.0. The van der Waals surface area contributed by atoms with E-state index in [4.69, 9.17) is 14.7 Å². The van der Waals surface area contributed by atoms with Crippen molar-refractivity contribution in [2.45, 2.75) is 69.3 Å². The molecular formula is C23H29N3O3. The smallest absolute Gasteiger partial charge is 0.223 e. The van der Waals surface area contributed by atoms with Crippen molar-refractivity contribution in [2.75, 3.05) is 13.7 Å². The van der Waals surface area contributed by atoms with E-state index in [1.165, 1.54) is 12.8 Å². The maximum Gasteiger partial charge on any atom is 0.223 e. The number of amides is 1. The SMILES string of the molecule is COc1ccc(C2(C#N)CCC(C(=O)NCCC#N)CC2)cc1OC1CCCC1. The van der Waals surface area contributed by atoms with Gasteiger partial charge in [0.15, 0.2) is 11.5 Å². The number of hydrogen-bond donors (Lipinski definition) is 1. The van der Waals surface area contributed by atoms with Crippen molar-refractivity contribution in [1.82, 2.24) is 5.32 Å². The van der Waals surface area contributed by atoms with Crippen LogP contribution in [0.5, 0.6) is 11.5 Å². The summed E-state index contributed by atoms with van der Waals surface area (Å²) in [5.74, 6) is 1.30. The number of methoxy groups -OCH3 is 1. The van der Waals surface area contributed by atoms with Gasteiger partial charge in [-0.3, -0.25) is 4.79 Å². The number of ether oxygens (including phenoxy) is 2. The molecule has 0 heterocycles. The third-order valence-electron chi connectivity index (χ3n) is 6.27. The molecule has 6 nitrogen and oxygen atoms in total. The molecule has 2 saturated carbocycles. The van der Waals surface area contributed by atoms with Crippen LogP contribution in [0.1, 0.15) is 63.4 Å². The van der Waals surface area contributed by atoms with E-state index in [-0.39, 0.29) is 17.9 Å². The Morgan fingerprint density at radius 1 is 1.17 bits per heavy atom. The van der Waals surface area contributed by atoms with Gasteiger partial charge in [-0.15, -0.1) is 0 Å². The monoisotopic (exact) mass is 395 g/mol. The van der Waals surface area contributed by atoms with Crippen molar-refractivity contribution in [3.05, 3.63) is 23.8 Å². The molecule has 154 valence electrons. The van der Waals surface area contributed by atoms with Crippen molar-refractivity contribution in [1.29, 1.82) is 10.5 Å². The molecule has 2 fully saturated rings. The highest BCUT2D eigenvalue weighted by atomic mass is 16.5. The molecule has 0 aromatic heterocycles. The molecule has 1 aromatic rings. The normalized spacial score (nSPS) is 24.3. The number of rotatable bonds is 7. The van der Waals surface area contributed by atoms with Crippen molar-refractivity contribution >= 4 is 5.91 Å². The summed E-state index contributed by atoms with van der Waals surface area (Å²) >= 11 is 0. The van der Waals surface area contributed by atoms with Crippen LogP contribution in [0.2, 0.25) is 0 Å². The molecule has 1 amide bonds. The Morgan fingerprint density at radius 2 is 1.90 bits per heavy atom. The summed E-state index contributed by atoms with van der Waals surface area (Å²) in [7, 11) is 1.63. The highest BCUT2D eigenvalue weighted by molar-refractivity contribution is 5.78. The molecule has 0 bridgehead atoms. The topological polar surface area (TPSA) is 95.1 Å². The second-order valence-corrected chi connectivity index (χ2v) is 8.06. The van der Waals surface area contributed by atoms with E-state index >= 15 is 0 Å². The fraction of sp³-hybridized carbons (Fsp3) is 0.609. The number of nitriles is 2. The van der Waals surface area contributed by atoms with Crippen LogP contribution in [-0.2, 0) is 10.2 Å². The highest BCUT2D eigenvalue weighted by Gasteiger charge is 2.39. The summed E-state index contributed by atoms with van der Waals surface area (Å²) in [5.41, 5.74) is 0.334. The molecular weight excluding hydrogens is 366 g/mol. The lowest BCUT2D eigenvalue weighted by molar-refractivity contribution is -0.126. The van der Waals surface area contributed by atoms with Crippen LogP contribution in [0, 0.1) is 28.6 Å². The molecule has 3 rings (SSSR count). The standard InChI is InChI=1S/C23H29N3O3/c1-28-20-8-7-18(15-21(20)29-19-5-2-3-6-19)23(16-25)11-9-17(10-12-23)22(27)26-14-4-13-24/h7-8,15,17,19H,2-6,9-12,14H2,1H3,(H,26,27). The second kappa shape index (κ2) is 9.65. The first-order valence-corrected chi connectivity index (χ1v) is 10.5. The van der Waals surface area contributed by atoms with Crippen LogP contribution >= 0.6 is 0 Å². The highest BCUT2D eigenvalue weighted by Crippen LogP contribution is 2.44. The average Bonchev–Trinajstić information content (AvgIpc) is 3.27. The van der Waals surface area contributed by atoms with Crippen LogP contribution in [0.3, 0.4) is 0 Å². The summed E-state index contributed by atoms with van der Waals surface area (Å²) in [5, 5.41) is 21.5. The average molecular weight is 396 g/mol. The number of nitrogens with zero attached hydrogens (tertiary/aromatic N) is 2. The molecule has 0 spiro atoms. The van der Waals surface area contributed by atoms with E-state index in [2.05, 4.69) is 11.4 Å². The summed E-state index contributed by atoms with van der Waals surface area (Å²) in [6.07, 6.45) is 7.61. The quantitative estimate of drug-likeness (QED) is 0.704. The summed E-state index contributed by atoms with van der Waals surface area (Å²) in [6.45, 7) is 0.384. The lowest BCUT2D eigenvalue weighted by Gasteiger charge is -2.35. The molecule has 0 unspecified atom stereocenters. The Hall–Kier alpha value is -2.73. The Balaban J connectivity index is 1.72. The van der Waals surface area contributed by atoms with Crippen molar-refractivity contribution in [2.24, 2.45) is 5.92 Å². The molecule has 2 aliphatic rings. The Kier molecular flexibility index (Phi) is 6.99. The largest absolute Gasteiger partial charge is 0.493 e. The van der Waals surface area contributed by atoms with Gasteiger partial charge in [0.05, 0.1) is 37.2 Å². The minimum atomic E-state index is -0.608.